The molecule has 2 rings (SSSR count). The summed E-state index contributed by atoms with van der Waals surface area (Å²) in [7, 11) is 0. The number of nitrogens with zero attached hydrogens (tertiary/aromatic N) is 1. The molecule has 1 aromatic heterocycles. The van der Waals surface area contributed by atoms with Crippen LogP contribution < -0.4 is 15.2 Å². The van der Waals surface area contributed by atoms with E-state index in [4.69, 9.17) is 15.2 Å². The van der Waals surface area contributed by atoms with Crippen molar-refractivity contribution in [2.24, 2.45) is 5.73 Å². The van der Waals surface area contributed by atoms with Gasteiger partial charge in [-0.2, -0.15) is 0 Å². The summed E-state index contributed by atoms with van der Waals surface area (Å²) in [5.41, 5.74) is 6.62. The average Bonchev–Trinajstić information content (AvgIpc) is 2.52. The van der Waals surface area contributed by atoms with Crippen molar-refractivity contribution in [1.82, 2.24) is 4.98 Å². The number of hydrogen-bond acceptors (Lipinski definition) is 4. The van der Waals surface area contributed by atoms with E-state index in [1.165, 1.54) is 0 Å². The maximum atomic E-state index is 5.97. The molecule has 1 heterocycles. The zero-order chi connectivity index (χ0) is 14.2. The normalized spacial score (nSPS) is 11.9. The highest BCUT2D eigenvalue weighted by Crippen LogP contribution is 2.30. The molecule has 2 aromatic rings. The van der Waals surface area contributed by atoms with Gasteiger partial charge in [-0.15, -0.1) is 0 Å². The van der Waals surface area contributed by atoms with Gasteiger partial charge >= 0.3 is 0 Å². The lowest BCUT2D eigenvalue weighted by Crippen LogP contribution is -2.19. The van der Waals surface area contributed by atoms with E-state index >= 15 is 0 Å². The van der Waals surface area contributed by atoms with E-state index in [-0.39, 0.29) is 6.10 Å². The number of benzene rings is 1. The monoisotopic (exact) mass is 272 g/mol. The number of aromatic nitrogens is 1. The average molecular weight is 272 g/mol. The molecule has 4 heteroatoms. The van der Waals surface area contributed by atoms with Crippen molar-refractivity contribution >= 4 is 0 Å². The second-order valence-corrected chi connectivity index (χ2v) is 4.39. The molecule has 1 atom stereocenters. The Morgan fingerprint density at radius 2 is 1.85 bits per heavy atom. The Labute approximate surface area is 119 Å². The first-order valence-corrected chi connectivity index (χ1v) is 6.84. The zero-order valence-electron chi connectivity index (χ0n) is 11.7. The van der Waals surface area contributed by atoms with Gasteiger partial charge in [0.15, 0.2) is 17.6 Å². The number of hydrogen-bond donors (Lipinski definition) is 1. The third-order valence-corrected chi connectivity index (χ3v) is 2.81. The van der Waals surface area contributed by atoms with E-state index < -0.39 is 0 Å². The van der Waals surface area contributed by atoms with E-state index in [1.54, 1.807) is 6.20 Å². The van der Waals surface area contributed by atoms with Crippen LogP contribution in [0.25, 0.3) is 0 Å². The van der Waals surface area contributed by atoms with E-state index in [0.717, 1.165) is 17.9 Å². The molecule has 0 amide bonds. The molecule has 1 aromatic carbocycles. The van der Waals surface area contributed by atoms with Crippen molar-refractivity contribution in [3.8, 4) is 11.5 Å². The molecule has 0 aliphatic rings. The molecule has 0 spiro atoms. The predicted molar refractivity (Wildman–Crippen MR) is 78.9 cm³/mol. The van der Waals surface area contributed by atoms with Crippen molar-refractivity contribution in [2.75, 3.05) is 13.2 Å². The van der Waals surface area contributed by atoms with Crippen LogP contribution in [0.1, 0.15) is 25.1 Å². The summed E-state index contributed by atoms with van der Waals surface area (Å²) in [5, 5.41) is 0. The molecule has 0 saturated heterocycles. The third kappa shape index (κ3) is 3.71. The van der Waals surface area contributed by atoms with E-state index in [9.17, 15) is 0 Å². The molecule has 20 heavy (non-hydrogen) atoms. The van der Waals surface area contributed by atoms with E-state index in [1.807, 2.05) is 42.5 Å². The summed E-state index contributed by atoms with van der Waals surface area (Å²) in [6.45, 7) is 3.09. The van der Waals surface area contributed by atoms with Gasteiger partial charge in [-0.3, -0.25) is 4.98 Å². The van der Waals surface area contributed by atoms with Crippen molar-refractivity contribution in [3.05, 3.63) is 54.4 Å². The van der Waals surface area contributed by atoms with Crippen LogP contribution in [0.4, 0.5) is 0 Å². The van der Waals surface area contributed by atoms with Crippen LogP contribution in [0.5, 0.6) is 11.5 Å². The summed E-state index contributed by atoms with van der Waals surface area (Å²) < 4.78 is 11.6. The molecule has 0 radical (unpaired) electrons. The molecule has 0 saturated carbocycles. The van der Waals surface area contributed by atoms with Gasteiger partial charge in [0.2, 0.25) is 0 Å². The highest BCUT2D eigenvalue weighted by atomic mass is 16.5. The second-order valence-electron chi connectivity index (χ2n) is 4.39. The quantitative estimate of drug-likeness (QED) is 0.842. The van der Waals surface area contributed by atoms with Crippen LogP contribution in [-0.2, 0) is 0 Å². The maximum Gasteiger partial charge on any atom is 0.162 e. The van der Waals surface area contributed by atoms with Crippen molar-refractivity contribution < 1.29 is 9.47 Å². The molecule has 106 valence electrons. The highest BCUT2D eigenvalue weighted by Gasteiger charge is 2.15. The predicted octanol–water partition coefficient (Wildman–Crippen LogP) is 2.95. The molecule has 2 N–H and O–H groups in total. The Kier molecular flexibility index (Phi) is 5.38. The highest BCUT2D eigenvalue weighted by molar-refractivity contribution is 5.39. The Hall–Kier alpha value is -2.07. The summed E-state index contributed by atoms with van der Waals surface area (Å²) in [6, 6.07) is 13.3. The largest absolute Gasteiger partial charge is 0.490 e. The summed E-state index contributed by atoms with van der Waals surface area (Å²) in [4.78, 5) is 4.29. The van der Waals surface area contributed by atoms with Crippen molar-refractivity contribution in [2.45, 2.75) is 19.4 Å². The molecule has 0 bridgehead atoms. The van der Waals surface area contributed by atoms with Crippen LogP contribution >= 0.6 is 0 Å². The van der Waals surface area contributed by atoms with Gasteiger partial charge in [-0.05, 0) is 30.7 Å². The van der Waals surface area contributed by atoms with Gasteiger partial charge in [0.05, 0.1) is 12.3 Å². The third-order valence-electron chi connectivity index (χ3n) is 2.81. The van der Waals surface area contributed by atoms with Crippen LogP contribution in [-0.4, -0.2) is 18.1 Å². The fourth-order valence-corrected chi connectivity index (χ4v) is 1.83. The Morgan fingerprint density at radius 1 is 1.10 bits per heavy atom. The molecule has 4 nitrogen and oxygen atoms in total. The SMILES string of the molecule is CCCOc1ccccc1OC(CN)c1ccccn1. The maximum absolute atomic E-state index is 5.97. The summed E-state index contributed by atoms with van der Waals surface area (Å²) in [5.74, 6) is 1.44. The first-order valence-electron chi connectivity index (χ1n) is 6.84. The fourth-order valence-electron chi connectivity index (χ4n) is 1.83. The Morgan fingerprint density at radius 3 is 2.50 bits per heavy atom. The molecular formula is C16H20N2O2. The minimum Gasteiger partial charge on any atom is -0.490 e. The smallest absolute Gasteiger partial charge is 0.162 e. The van der Waals surface area contributed by atoms with Crippen molar-refractivity contribution in [3.63, 3.8) is 0 Å². The lowest BCUT2D eigenvalue weighted by atomic mass is 10.2. The van der Waals surface area contributed by atoms with Gasteiger partial charge in [-0.25, -0.2) is 0 Å². The van der Waals surface area contributed by atoms with E-state index in [0.29, 0.717) is 18.9 Å². The topological polar surface area (TPSA) is 57.4 Å². The van der Waals surface area contributed by atoms with Crippen molar-refractivity contribution in [1.29, 1.82) is 0 Å². The van der Waals surface area contributed by atoms with Crippen LogP contribution in [0.2, 0.25) is 0 Å². The Balaban J connectivity index is 2.15. The minimum absolute atomic E-state index is 0.275. The molecule has 0 fully saturated rings. The van der Waals surface area contributed by atoms with Gasteiger partial charge in [0.25, 0.3) is 0 Å². The van der Waals surface area contributed by atoms with E-state index in [2.05, 4.69) is 11.9 Å². The van der Waals surface area contributed by atoms with Gasteiger partial charge in [0, 0.05) is 12.7 Å². The first-order chi connectivity index (χ1) is 9.85. The molecule has 0 aliphatic heterocycles. The Bertz CT molecular complexity index is 517. The lowest BCUT2D eigenvalue weighted by molar-refractivity contribution is 0.194. The fraction of sp³-hybridized carbons (Fsp3) is 0.312. The first kappa shape index (κ1) is 14.3. The minimum atomic E-state index is -0.275. The van der Waals surface area contributed by atoms with Crippen LogP contribution in [0.15, 0.2) is 48.7 Å². The lowest BCUT2D eigenvalue weighted by Gasteiger charge is -2.19. The van der Waals surface area contributed by atoms with Gasteiger partial charge in [-0.1, -0.05) is 25.1 Å². The van der Waals surface area contributed by atoms with Crippen LogP contribution in [0.3, 0.4) is 0 Å². The molecule has 0 aliphatic carbocycles. The summed E-state index contributed by atoms with van der Waals surface area (Å²) in [6.07, 6.45) is 2.41. The molecular weight excluding hydrogens is 252 g/mol. The second kappa shape index (κ2) is 7.50. The van der Waals surface area contributed by atoms with Gasteiger partial charge in [0.1, 0.15) is 0 Å². The number of ether oxygens (including phenoxy) is 2. The number of pyridine rings is 1. The summed E-state index contributed by atoms with van der Waals surface area (Å²) >= 11 is 0. The van der Waals surface area contributed by atoms with Gasteiger partial charge < -0.3 is 15.2 Å². The van der Waals surface area contributed by atoms with Crippen LogP contribution in [0, 0.1) is 0 Å². The number of rotatable bonds is 7. The standard InChI is InChI=1S/C16H20N2O2/c1-2-11-19-14-8-3-4-9-15(14)20-16(12-17)13-7-5-6-10-18-13/h3-10,16H,2,11-12,17H2,1H3. The number of nitrogens with two attached hydrogens (primary N) is 1. The number of para-hydroxylation sites is 2. The molecule has 1 unspecified atom stereocenters. The zero-order valence-corrected chi connectivity index (χ0v) is 11.7.